The smallest absolute Gasteiger partial charge is 0.0637 e. The van der Waals surface area contributed by atoms with Crippen molar-refractivity contribution in [1.82, 2.24) is 0 Å². The second-order valence-corrected chi connectivity index (χ2v) is 8.59. The summed E-state index contributed by atoms with van der Waals surface area (Å²) in [5.41, 5.74) is 1.28. The van der Waals surface area contributed by atoms with E-state index in [0.29, 0.717) is 22.3 Å². The van der Waals surface area contributed by atoms with Crippen LogP contribution in [0.1, 0.15) is 65.7 Å². The Morgan fingerprint density at radius 1 is 1.11 bits per heavy atom. The van der Waals surface area contributed by atoms with Crippen LogP contribution in [0.3, 0.4) is 0 Å². The zero-order valence-electron chi connectivity index (χ0n) is 12.9. The van der Waals surface area contributed by atoms with E-state index in [1.165, 1.54) is 44.9 Å². The van der Waals surface area contributed by atoms with Crippen molar-refractivity contribution in [1.29, 1.82) is 0 Å². The lowest BCUT2D eigenvalue weighted by molar-refractivity contribution is -0.0733. The molecule has 3 fully saturated rings. The van der Waals surface area contributed by atoms with E-state index in [1.54, 1.807) is 0 Å². The average molecular weight is 282 g/mol. The number of hydrogen-bond donors (Lipinski definition) is 1. The molecule has 110 valence electrons. The molecule has 3 aliphatic carbocycles. The van der Waals surface area contributed by atoms with E-state index >= 15 is 0 Å². The molecule has 19 heavy (non-hydrogen) atoms. The summed E-state index contributed by atoms with van der Waals surface area (Å²) in [7, 11) is 0. The van der Waals surface area contributed by atoms with Crippen LogP contribution >= 0.6 is 12.6 Å². The fraction of sp³-hybridized carbons (Fsp3) is 1.00. The Morgan fingerprint density at radius 2 is 1.79 bits per heavy atom. The quantitative estimate of drug-likeness (QED) is 0.735. The van der Waals surface area contributed by atoms with Gasteiger partial charge in [-0.05, 0) is 54.6 Å². The third-order valence-electron chi connectivity index (χ3n) is 7.30. The van der Waals surface area contributed by atoms with Crippen LogP contribution in [0.4, 0.5) is 0 Å². The van der Waals surface area contributed by atoms with E-state index in [4.69, 9.17) is 4.74 Å². The third kappa shape index (κ3) is 2.00. The summed E-state index contributed by atoms with van der Waals surface area (Å²) in [6.07, 6.45) is 9.98. The van der Waals surface area contributed by atoms with Gasteiger partial charge in [0.25, 0.3) is 0 Å². The molecule has 0 N–H and O–H groups in total. The van der Waals surface area contributed by atoms with Gasteiger partial charge in [-0.25, -0.2) is 0 Å². The van der Waals surface area contributed by atoms with Crippen molar-refractivity contribution in [2.45, 2.75) is 71.8 Å². The largest absolute Gasteiger partial charge is 0.377 e. The number of hydrogen-bond acceptors (Lipinski definition) is 2. The van der Waals surface area contributed by atoms with Crippen LogP contribution in [-0.4, -0.2) is 18.5 Å². The Morgan fingerprint density at radius 3 is 2.26 bits per heavy atom. The maximum absolute atomic E-state index is 6.50. The fourth-order valence-electron chi connectivity index (χ4n) is 5.13. The van der Waals surface area contributed by atoms with E-state index in [1.807, 2.05) is 0 Å². The molecular weight excluding hydrogens is 252 g/mol. The Hall–Kier alpha value is 0.310. The zero-order valence-corrected chi connectivity index (χ0v) is 13.8. The Balaban J connectivity index is 1.66. The van der Waals surface area contributed by atoms with Crippen molar-refractivity contribution >= 4 is 12.6 Å². The van der Waals surface area contributed by atoms with Gasteiger partial charge in [0.1, 0.15) is 0 Å². The zero-order chi connectivity index (χ0) is 13.7. The van der Waals surface area contributed by atoms with Crippen molar-refractivity contribution < 1.29 is 4.74 Å². The second kappa shape index (κ2) is 4.66. The van der Waals surface area contributed by atoms with Crippen LogP contribution in [0, 0.1) is 22.2 Å². The molecule has 0 aromatic heterocycles. The molecule has 0 aliphatic heterocycles. The van der Waals surface area contributed by atoms with E-state index in [-0.39, 0.29) is 0 Å². The third-order valence-corrected chi connectivity index (χ3v) is 7.98. The summed E-state index contributed by atoms with van der Waals surface area (Å²) in [6.45, 7) is 8.38. The van der Waals surface area contributed by atoms with Crippen LogP contribution in [-0.2, 0) is 4.74 Å². The van der Waals surface area contributed by atoms with Crippen LogP contribution in [0.25, 0.3) is 0 Å². The van der Waals surface area contributed by atoms with Crippen molar-refractivity contribution in [2.24, 2.45) is 22.2 Å². The summed E-state index contributed by atoms with van der Waals surface area (Å²) in [5, 5.41) is 0. The molecule has 0 spiro atoms. The number of thiol groups is 1. The van der Waals surface area contributed by atoms with E-state index in [0.717, 1.165) is 18.3 Å². The Kier molecular flexibility index (Phi) is 3.50. The highest BCUT2D eigenvalue weighted by molar-refractivity contribution is 7.80. The summed E-state index contributed by atoms with van der Waals surface area (Å²) < 4.78 is 6.50. The summed E-state index contributed by atoms with van der Waals surface area (Å²) in [4.78, 5) is 0. The molecule has 0 aromatic carbocycles. The topological polar surface area (TPSA) is 9.23 Å². The Labute approximate surface area is 124 Å². The predicted octanol–water partition coefficient (Wildman–Crippen LogP) is 4.71. The van der Waals surface area contributed by atoms with E-state index in [9.17, 15) is 0 Å². The lowest BCUT2D eigenvalue weighted by Crippen LogP contribution is -2.39. The molecule has 3 saturated carbocycles. The van der Waals surface area contributed by atoms with Gasteiger partial charge in [-0.3, -0.25) is 0 Å². The lowest BCUT2D eigenvalue weighted by Gasteiger charge is -2.40. The molecule has 2 bridgehead atoms. The molecule has 1 nitrogen and oxygen atoms in total. The summed E-state index contributed by atoms with van der Waals surface area (Å²) >= 11 is 4.61. The van der Waals surface area contributed by atoms with Gasteiger partial charge < -0.3 is 4.74 Å². The Bertz CT molecular complexity index is 345. The van der Waals surface area contributed by atoms with E-state index < -0.39 is 0 Å². The lowest BCUT2D eigenvalue weighted by atomic mass is 9.70. The van der Waals surface area contributed by atoms with Gasteiger partial charge in [0.15, 0.2) is 0 Å². The highest BCUT2D eigenvalue weighted by atomic mass is 32.1. The van der Waals surface area contributed by atoms with Crippen LogP contribution in [0.2, 0.25) is 0 Å². The first-order chi connectivity index (χ1) is 8.94. The molecule has 2 heteroatoms. The highest BCUT2D eigenvalue weighted by Crippen LogP contribution is 2.66. The molecule has 3 unspecified atom stereocenters. The monoisotopic (exact) mass is 282 g/mol. The summed E-state index contributed by atoms with van der Waals surface area (Å²) in [5.74, 6) is 1.89. The van der Waals surface area contributed by atoms with Gasteiger partial charge >= 0.3 is 0 Å². The second-order valence-electron chi connectivity index (χ2n) is 8.28. The van der Waals surface area contributed by atoms with Crippen LogP contribution in [0.15, 0.2) is 0 Å². The maximum Gasteiger partial charge on any atom is 0.0637 e. The minimum Gasteiger partial charge on any atom is -0.377 e. The minimum absolute atomic E-state index is 0.394. The molecular formula is C17H30OS. The molecule has 3 rings (SSSR count). The van der Waals surface area contributed by atoms with Crippen molar-refractivity contribution in [3.8, 4) is 0 Å². The van der Waals surface area contributed by atoms with Crippen LogP contribution in [0.5, 0.6) is 0 Å². The molecule has 0 amide bonds. The summed E-state index contributed by atoms with van der Waals surface area (Å²) in [6, 6.07) is 0. The van der Waals surface area contributed by atoms with Crippen molar-refractivity contribution in [3.05, 3.63) is 0 Å². The highest BCUT2D eigenvalue weighted by Gasteiger charge is 2.62. The first-order valence-electron chi connectivity index (χ1n) is 8.16. The van der Waals surface area contributed by atoms with Crippen molar-refractivity contribution in [3.63, 3.8) is 0 Å². The van der Waals surface area contributed by atoms with Crippen molar-refractivity contribution in [2.75, 3.05) is 12.4 Å². The van der Waals surface area contributed by atoms with Gasteiger partial charge in [-0.15, -0.1) is 0 Å². The van der Waals surface area contributed by atoms with Crippen LogP contribution < -0.4 is 0 Å². The van der Waals surface area contributed by atoms with E-state index in [2.05, 4.69) is 33.4 Å². The molecule has 0 aromatic rings. The standard InChI is InChI=1S/C17H30OS/c1-15(2)13-6-9-16(15,3)14(10-13)18-11-17(12-19)7-4-5-8-17/h13-14,19H,4-12H2,1-3H3. The number of fused-ring (bicyclic) bond motifs is 2. The molecule has 3 aliphatic rings. The first-order valence-corrected chi connectivity index (χ1v) is 8.79. The molecule has 3 atom stereocenters. The van der Waals surface area contributed by atoms with Gasteiger partial charge in [0.05, 0.1) is 12.7 Å². The minimum atomic E-state index is 0.394. The predicted molar refractivity (Wildman–Crippen MR) is 83.7 cm³/mol. The maximum atomic E-state index is 6.50. The molecule has 0 saturated heterocycles. The molecule has 0 radical (unpaired) electrons. The van der Waals surface area contributed by atoms with Gasteiger partial charge in [0, 0.05) is 5.41 Å². The fourth-order valence-corrected chi connectivity index (χ4v) is 5.54. The SMILES string of the molecule is CC1(C)C2CCC1(C)C(OCC1(CS)CCCC1)C2. The number of ether oxygens (including phenoxy) is 1. The number of rotatable bonds is 4. The first kappa shape index (κ1) is 14.3. The molecule has 0 heterocycles. The van der Waals surface area contributed by atoms with Gasteiger partial charge in [-0.1, -0.05) is 33.6 Å². The average Bonchev–Trinajstić information content (AvgIpc) is 2.99. The van der Waals surface area contributed by atoms with Gasteiger partial charge in [0.2, 0.25) is 0 Å². The normalized spacial score (nSPS) is 42.9. The van der Waals surface area contributed by atoms with Gasteiger partial charge in [-0.2, -0.15) is 12.6 Å².